The number of β-amino-alcohol motifs (C(OH)–C–C–N with tert-alkyl or cyclic N) is 1. The average molecular weight is 596 g/mol. The summed E-state index contributed by atoms with van der Waals surface area (Å²) >= 11 is 0. The molecule has 3 aliphatic rings. The maximum atomic E-state index is 13.9. The molecule has 1 aliphatic carbocycles. The summed E-state index contributed by atoms with van der Waals surface area (Å²) in [6.45, 7) is 6.51. The Labute approximate surface area is 242 Å². The first-order chi connectivity index (χ1) is 19.8. The molecule has 232 valence electrons. The Bertz CT molecular complexity index is 1130. The molecule has 4 rings (SSSR count). The molecule has 0 bridgehead atoms. The molecule has 3 fully saturated rings. The lowest BCUT2D eigenvalue weighted by Crippen LogP contribution is -2.50. The predicted molar refractivity (Wildman–Crippen MR) is 146 cm³/mol. The van der Waals surface area contributed by atoms with E-state index in [9.17, 15) is 38.9 Å². The number of carboxylic acids is 2. The fraction of sp³-hybridized carbons (Fsp3) is 0.571. The minimum atomic E-state index is -1.26. The van der Waals surface area contributed by atoms with Crippen LogP contribution in [0.3, 0.4) is 0 Å². The van der Waals surface area contributed by atoms with Gasteiger partial charge in [-0.1, -0.05) is 0 Å². The summed E-state index contributed by atoms with van der Waals surface area (Å²) in [5, 5.41) is 46.0. The summed E-state index contributed by atoms with van der Waals surface area (Å²) in [4.78, 5) is 49.7. The summed E-state index contributed by atoms with van der Waals surface area (Å²) in [5.74, 6) is -4.23. The van der Waals surface area contributed by atoms with Gasteiger partial charge in [-0.2, -0.15) is 0 Å². The molecule has 2 heterocycles. The number of aliphatic hydroxyl groups excluding tert-OH is 3. The molecule has 1 aromatic rings. The Kier molecular flexibility index (Phi) is 11.4. The quantitative estimate of drug-likeness (QED) is 0.189. The Morgan fingerprint density at radius 2 is 1.48 bits per heavy atom. The van der Waals surface area contributed by atoms with Crippen molar-refractivity contribution in [3.63, 3.8) is 0 Å². The van der Waals surface area contributed by atoms with E-state index in [-0.39, 0.29) is 43.1 Å². The van der Waals surface area contributed by atoms with Crippen LogP contribution in [0, 0.1) is 17.7 Å². The molecule has 14 heteroatoms. The number of aliphatic hydroxyl groups is 3. The second-order valence-corrected chi connectivity index (χ2v) is 10.8. The van der Waals surface area contributed by atoms with Gasteiger partial charge >= 0.3 is 11.9 Å². The first kappa shape index (κ1) is 32.9. The highest BCUT2D eigenvalue weighted by Crippen LogP contribution is 2.38. The van der Waals surface area contributed by atoms with Crippen molar-refractivity contribution >= 4 is 29.4 Å². The van der Waals surface area contributed by atoms with Crippen LogP contribution in [0.2, 0.25) is 0 Å². The zero-order valence-corrected chi connectivity index (χ0v) is 23.5. The van der Waals surface area contributed by atoms with E-state index in [1.165, 1.54) is 12.1 Å². The number of aliphatic carboxylic acids is 2. The molecule has 0 spiro atoms. The zero-order chi connectivity index (χ0) is 31.1. The van der Waals surface area contributed by atoms with Gasteiger partial charge in [0.25, 0.3) is 0 Å². The number of fused-ring (bicyclic) bond motifs is 1. The molecule has 0 radical (unpaired) electrons. The Balaban J connectivity index is 0.000000531. The van der Waals surface area contributed by atoms with Gasteiger partial charge in [-0.25, -0.2) is 14.0 Å². The number of rotatable bonds is 9. The van der Waals surface area contributed by atoms with Crippen molar-refractivity contribution in [2.45, 2.75) is 51.1 Å². The third kappa shape index (κ3) is 8.71. The molecule has 5 atom stereocenters. The number of piperazine rings is 1. The second kappa shape index (κ2) is 14.5. The molecule has 5 unspecified atom stereocenters. The van der Waals surface area contributed by atoms with Crippen LogP contribution >= 0.6 is 0 Å². The Morgan fingerprint density at radius 1 is 0.952 bits per heavy atom. The van der Waals surface area contributed by atoms with Gasteiger partial charge in [0, 0.05) is 50.9 Å². The lowest BCUT2D eigenvalue weighted by Gasteiger charge is -2.37. The number of halogens is 1. The number of carboxylic acid groups (broad SMARTS) is 2. The Morgan fingerprint density at radius 3 is 1.95 bits per heavy atom. The molecule has 2 saturated heterocycles. The van der Waals surface area contributed by atoms with E-state index < -0.39 is 42.1 Å². The first-order valence-electron chi connectivity index (χ1n) is 13.7. The largest absolute Gasteiger partial charge is 0.489 e. The number of carbonyl (C=O) groups is 4. The number of hydrogen-bond acceptors (Lipinski definition) is 10. The van der Waals surface area contributed by atoms with Crippen molar-refractivity contribution in [1.82, 2.24) is 9.80 Å². The number of ether oxygens (including phenoxy) is 1. The summed E-state index contributed by atoms with van der Waals surface area (Å²) in [6.07, 6.45) is -1.73. The lowest BCUT2D eigenvalue weighted by molar-refractivity contribution is -0.142. The summed E-state index contributed by atoms with van der Waals surface area (Å²) in [6, 6.07) is 4.49. The average Bonchev–Trinajstić information content (AvgIpc) is 3.13. The van der Waals surface area contributed by atoms with Gasteiger partial charge in [0.2, 0.25) is 11.8 Å². The van der Waals surface area contributed by atoms with Crippen LogP contribution in [0.25, 0.3) is 0 Å². The molecule has 2 aliphatic heterocycles. The number of nitrogens with zero attached hydrogens (tertiary/aromatic N) is 3. The van der Waals surface area contributed by atoms with Crippen LogP contribution in [-0.2, 0) is 19.2 Å². The summed E-state index contributed by atoms with van der Waals surface area (Å²) < 4.78 is 19.7. The van der Waals surface area contributed by atoms with Crippen molar-refractivity contribution < 1.29 is 53.8 Å². The SMILES string of the molecule is CC(C)Oc1ccc(F)cc1N1CCN(CC(O)CN2C(=O)C3CC(O)C(O)CC3C2=O)CC1.O=C(O)/C=C\C(=O)O. The number of benzene rings is 1. The van der Waals surface area contributed by atoms with E-state index in [1.807, 2.05) is 13.8 Å². The number of amides is 2. The number of hydrogen-bond donors (Lipinski definition) is 5. The molecule has 2 amide bonds. The molecular formula is C28H38FN3O10. The van der Waals surface area contributed by atoms with Gasteiger partial charge in [-0.05, 0) is 38.8 Å². The van der Waals surface area contributed by atoms with Crippen molar-refractivity contribution in [3.8, 4) is 5.75 Å². The van der Waals surface area contributed by atoms with E-state index in [2.05, 4.69) is 9.80 Å². The van der Waals surface area contributed by atoms with E-state index in [0.717, 1.165) is 4.90 Å². The van der Waals surface area contributed by atoms with Gasteiger partial charge in [-0.15, -0.1) is 0 Å². The Hall–Kier alpha value is -3.59. The van der Waals surface area contributed by atoms with Crippen LogP contribution in [0.1, 0.15) is 26.7 Å². The molecule has 1 saturated carbocycles. The molecule has 1 aromatic carbocycles. The number of imide groups is 1. The molecule has 0 aromatic heterocycles. The van der Waals surface area contributed by atoms with Crippen LogP contribution < -0.4 is 9.64 Å². The topological polar surface area (TPSA) is 188 Å². The van der Waals surface area contributed by atoms with Gasteiger partial charge < -0.3 is 35.2 Å². The number of anilines is 1. The highest BCUT2D eigenvalue weighted by Gasteiger charge is 2.52. The fourth-order valence-corrected chi connectivity index (χ4v) is 5.37. The smallest absolute Gasteiger partial charge is 0.328 e. The third-order valence-corrected chi connectivity index (χ3v) is 7.31. The number of carbonyl (C=O) groups excluding carboxylic acids is 2. The summed E-state index contributed by atoms with van der Waals surface area (Å²) in [5.41, 5.74) is 0.703. The molecule has 13 nitrogen and oxygen atoms in total. The molecular weight excluding hydrogens is 557 g/mol. The zero-order valence-electron chi connectivity index (χ0n) is 23.5. The van der Waals surface area contributed by atoms with E-state index in [4.69, 9.17) is 14.9 Å². The second-order valence-electron chi connectivity index (χ2n) is 10.8. The van der Waals surface area contributed by atoms with Crippen molar-refractivity contribution in [3.05, 3.63) is 36.2 Å². The predicted octanol–water partition coefficient (Wildman–Crippen LogP) is -0.0756. The van der Waals surface area contributed by atoms with E-state index in [1.54, 1.807) is 6.07 Å². The van der Waals surface area contributed by atoms with Gasteiger partial charge in [0.05, 0.1) is 48.5 Å². The van der Waals surface area contributed by atoms with Gasteiger partial charge in [0.1, 0.15) is 11.6 Å². The van der Waals surface area contributed by atoms with Crippen molar-refractivity contribution in [2.75, 3.05) is 44.2 Å². The van der Waals surface area contributed by atoms with Crippen LogP contribution in [0.4, 0.5) is 10.1 Å². The maximum absolute atomic E-state index is 13.9. The normalized spacial score (nSPS) is 25.3. The monoisotopic (exact) mass is 595 g/mol. The minimum Gasteiger partial charge on any atom is -0.489 e. The summed E-state index contributed by atoms with van der Waals surface area (Å²) in [7, 11) is 0. The molecule has 5 N–H and O–H groups in total. The third-order valence-electron chi connectivity index (χ3n) is 7.31. The highest BCUT2D eigenvalue weighted by atomic mass is 19.1. The molecule has 42 heavy (non-hydrogen) atoms. The lowest BCUT2D eigenvalue weighted by atomic mass is 9.78. The van der Waals surface area contributed by atoms with Crippen LogP contribution in [-0.4, -0.2) is 123 Å². The standard InChI is InChI=1S/C24H34FN3O6.C4H4O4/c1-14(2)34-22-4-3-15(25)9-19(22)27-7-5-26(6-8-27)12-16(29)13-28-23(32)17-10-20(30)21(31)11-18(17)24(28)33;5-3(6)1-2-4(7)8/h3-4,9,14,16-18,20-21,29-31H,5-8,10-13H2,1-2H3;1-2H,(H,5,6)(H,7,8)/b;2-1-. The number of likely N-dealkylation sites (tertiary alicyclic amines) is 1. The van der Waals surface area contributed by atoms with Crippen LogP contribution in [0.15, 0.2) is 30.4 Å². The first-order valence-corrected chi connectivity index (χ1v) is 13.7. The van der Waals surface area contributed by atoms with Gasteiger partial charge in [-0.3, -0.25) is 19.4 Å². The van der Waals surface area contributed by atoms with E-state index >= 15 is 0 Å². The van der Waals surface area contributed by atoms with E-state index in [0.29, 0.717) is 56.3 Å². The fourth-order valence-electron chi connectivity index (χ4n) is 5.37. The van der Waals surface area contributed by atoms with Crippen LogP contribution in [0.5, 0.6) is 5.75 Å². The highest BCUT2D eigenvalue weighted by molar-refractivity contribution is 6.05. The maximum Gasteiger partial charge on any atom is 0.328 e. The van der Waals surface area contributed by atoms with Gasteiger partial charge in [0.15, 0.2) is 0 Å². The van der Waals surface area contributed by atoms with Crippen molar-refractivity contribution in [1.29, 1.82) is 0 Å². The minimum absolute atomic E-state index is 0.0352. The van der Waals surface area contributed by atoms with Crippen molar-refractivity contribution in [2.24, 2.45) is 11.8 Å².